The Morgan fingerprint density at radius 1 is 1.20 bits per heavy atom. The zero-order valence-corrected chi connectivity index (χ0v) is 14.5. The lowest BCUT2D eigenvalue weighted by molar-refractivity contribution is -0.114. The summed E-state index contributed by atoms with van der Waals surface area (Å²) >= 11 is 1.25. The van der Waals surface area contributed by atoms with E-state index in [0.717, 1.165) is 11.4 Å². The van der Waals surface area contributed by atoms with Crippen LogP contribution in [0.3, 0.4) is 0 Å². The summed E-state index contributed by atoms with van der Waals surface area (Å²) in [7, 11) is 0. The predicted octanol–water partition coefficient (Wildman–Crippen LogP) is 3.14. The molecular formula is C18H18N4O2S. The van der Waals surface area contributed by atoms with E-state index in [-0.39, 0.29) is 17.9 Å². The molecule has 0 fully saturated rings. The van der Waals surface area contributed by atoms with Crippen molar-refractivity contribution in [3.8, 4) is 0 Å². The molecule has 3 aromatic rings. The normalized spacial score (nSPS) is 11.7. The number of rotatable bonds is 6. The van der Waals surface area contributed by atoms with Crippen LogP contribution in [0.4, 0.5) is 5.00 Å². The largest absolute Gasteiger partial charge is 0.349 e. The molecule has 1 aromatic carbocycles. The Morgan fingerprint density at radius 3 is 2.68 bits per heavy atom. The van der Waals surface area contributed by atoms with Crippen LogP contribution >= 0.6 is 11.3 Å². The van der Waals surface area contributed by atoms with Crippen LogP contribution in [-0.4, -0.2) is 21.8 Å². The lowest BCUT2D eigenvalue weighted by Gasteiger charge is -2.18. The highest BCUT2D eigenvalue weighted by molar-refractivity contribution is 7.18. The van der Waals surface area contributed by atoms with E-state index in [9.17, 15) is 9.59 Å². The molecule has 0 aliphatic rings. The van der Waals surface area contributed by atoms with E-state index in [4.69, 9.17) is 0 Å². The lowest BCUT2D eigenvalue weighted by atomic mass is 10.0. The quantitative estimate of drug-likeness (QED) is 0.635. The first-order chi connectivity index (χ1) is 12.1. The average Bonchev–Trinajstić information content (AvgIpc) is 3.26. The third-order valence-corrected chi connectivity index (χ3v) is 4.59. The Kier molecular flexibility index (Phi) is 5.25. The summed E-state index contributed by atoms with van der Waals surface area (Å²) in [5.41, 5.74) is 1.01. The van der Waals surface area contributed by atoms with Crippen molar-refractivity contribution in [1.82, 2.24) is 15.3 Å². The smallest absolute Gasteiger partial charge is 0.261 e. The molecule has 1 atom stereocenters. The van der Waals surface area contributed by atoms with Crippen molar-refractivity contribution in [2.75, 3.05) is 5.32 Å². The molecule has 0 aliphatic carbocycles. The van der Waals surface area contributed by atoms with Gasteiger partial charge in [0.2, 0.25) is 5.91 Å². The zero-order valence-electron chi connectivity index (χ0n) is 13.7. The van der Waals surface area contributed by atoms with E-state index in [0.29, 0.717) is 16.3 Å². The number of hydrogen-bond acceptors (Lipinski definition) is 4. The van der Waals surface area contributed by atoms with E-state index >= 15 is 0 Å². The molecule has 3 rings (SSSR count). The molecule has 3 N–H and O–H groups in total. The monoisotopic (exact) mass is 354 g/mol. The Morgan fingerprint density at radius 2 is 2.00 bits per heavy atom. The number of nitrogens with zero attached hydrogens (tertiary/aromatic N) is 1. The maximum atomic E-state index is 12.6. The molecule has 7 heteroatoms. The van der Waals surface area contributed by atoms with Crippen LogP contribution in [0, 0.1) is 0 Å². The number of aromatic amines is 1. The van der Waals surface area contributed by atoms with Gasteiger partial charge in [-0.05, 0) is 17.7 Å². The maximum Gasteiger partial charge on any atom is 0.261 e. The Bertz CT molecular complexity index is 843. The molecule has 6 nitrogen and oxygen atoms in total. The third kappa shape index (κ3) is 4.54. The number of amides is 2. The van der Waals surface area contributed by atoms with Gasteiger partial charge < -0.3 is 15.6 Å². The van der Waals surface area contributed by atoms with Crippen LogP contribution < -0.4 is 10.6 Å². The zero-order chi connectivity index (χ0) is 17.6. The number of benzene rings is 1. The van der Waals surface area contributed by atoms with Gasteiger partial charge in [0, 0.05) is 25.7 Å². The van der Waals surface area contributed by atoms with E-state index < -0.39 is 0 Å². The van der Waals surface area contributed by atoms with Crippen LogP contribution in [0.5, 0.6) is 0 Å². The highest BCUT2D eigenvalue weighted by Crippen LogP contribution is 2.23. The maximum absolute atomic E-state index is 12.6. The second-order valence-electron chi connectivity index (χ2n) is 5.52. The standard InChI is InChI=1S/C18H18N4O2S/c1-12(23)21-17-8-7-15(25-17)18(24)22-14(11-16-19-9-10-20-16)13-5-3-2-4-6-13/h2-10,14H,11H2,1H3,(H,19,20)(H,21,23)(H,22,24)/t14-/m0/s1. The molecule has 0 saturated carbocycles. The number of anilines is 1. The van der Waals surface area contributed by atoms with E-state index in [1.54, 1.807) is 24.5 Å². The van der Waals surface area contributed by atoms with Gasteiger partial charge >= 0.3 is 0 Å². The minimum atomic E-state index is -0.203. The molecule has 2 aromatic heterocycles. The lowest BCUT2D eigenvalue weighted by Crippen LogP contribution is -2.29. The summed E-state index contributed by atoms with van der Waals surface area (Å²) in [4.78, 5) is 31.6. The van der Waals surface area contributed by atoms with Gasteiger partial charge in [0.25, 0.3) is 5.91 Å². The summed E-state index contributed by atoms with van der Waals surface area (Å²) < 4.78 is 0. The van der Waals surface area contributed by atoms with E-state index in [2.05, 4.69) is 20.6 Å². The van der Waals surface area contributed by atoms with Crippen molar-refractivity contribution in [2.24, 2.45) is 0 Å². The van der Waals surface area contributed by atoms with Crippen LogP contribution in [0.2, 0.25) is 0 Å². The summed E-state index contributed by atoms with van der Waals surface area (Å²) in [6.45, 7) is 1.44. The number of carbonyl (C=O) groups is 2. The second-order valence-corrected chi connectivity index (χ2v) is 6.61. The number of H-pyrrole nitrogens is 1. The van der Waals surface area contributed by atoms with Crippen molar-refractivity contribution in [2.45, 2.75) is 19.4 Å². The third-order valence-electron chi connectivity index (χ3n) is 3.59. The molecule has 0 aliphatic heterocycles. The van der Waals surface area contributed by atoms with Crippen molar-refractivity contribution in [3.05, 3.63) is 71.1 Å². The minimum absolute atomic E-state index is 0.159. The first kappa shape index (κ1) is 16.9. The Balaban J connectivity index is 1.76. The molecule has 0 spiro atoms. The highest BCUT2D eigenvalue weighted by Gasteiger charge is 2.18. The van der Waals surface area contributed by atoms with Crippen molar-refractivity contribution >= 4 is 28.2 Å². The summed E-state index contributed by atoms with van der Waals surface area (Å²) in [5, 5.41) is 6.39. The Labute approximate surface area is 149 Å². The fourth-order valence-electron chi connectivity index (χ4n) is 2.47. The number of thiophene rings is 1. The first-order valence-corrected chi connectivity index (χ1v) is 8.65. The summed E-state index contributed by atoms with van der Waals surface area (Å²) in [6, 6.07) is 13.0. The molecule has 2 heterocycles. The molecule has 128 valence electrons. The van der Waals surface area contributed by atoms with Crippen molar-refractivity contribution in [3.63, 3.8) is 0 Å². The molecule has 0 bridgehead atoms. The topological polar surface area (TPSA) is 86.9 Å². The average molecular weight is 354 g/mol. The number of hydrogen-bond donors (Lipinski definition) is 3. The first-order valence-electron chi connectivity index (χ1n) is 7.83. The number of carbonyl (C=O) groups excluding carboxylic acids is 2. The van der Waals surface area contributed by atoms with Gasteiger partial charge in [0.15, 0.2) is 0 Å². The van der Waals surface area contributed by atoms with Crippen LogP contribution in [0.1, 0.15) is 34.0 Å². The Hall–Kier alpha value is -2.93. The van der Waals surface area contributed by atoms with Gasteiger partial charge in [0.1, 0.15) is 5.82 Å². The molecular weight excluding hydrogens is 336 g/mol. The van der Waals surface area contributed by atoms with E-state index in [1.807, 2.05) is 30.3 Å². The summed E-state index contributed by atoms with van der Waals surface area (Å²) in [6.07, 6.45) is 4.02. The predicted molar refractivity (Wildman–Crippen MR) is 97.6 cm³/mol. The van der Waals surface area contributed by atoms with Crippen molar-refractivity contribution < 1.29 is 9.59 Å². The van der Waals surface area contributed by atoms with Crippen LogP contribution in [-0.2, 0) is 11.2 Å². The SMILES string of the molecule is CC(=O)Nc1ccc(C(=O)N[C@@H](Cc2ncc[nH]2)c2ccccc2)s1. The molecule has 2 amide bonds. The van der Waals surface area contributed by atoms with Gasteiger partial charge in [0.05, 0.1) is 15.9 Å². The fourth-order valence-corrected chi connectivity index (χ4v) is 3.33. The van der Waals surface area contributed by atoms with Gasteiger partial charge in [-0.15, -0.1) is 11.3 Å². The molecule has 0 radical (unpaired) electrons. The summed E-state index contributed by atoms with van der Waals surface area (Å²) in [5.74, 6) is 0.468. The van der Waals surface area contributed by atoms with Gasteiger partial charge in [-0.3, -0.25) is 9.59 Å². The van der Waals surface area contributed by atoms with E-state index in [1.165, 1.54) is 18.3 Å². The van der Waals surface area contributed by atoms with Crippen LogP contribution in [0.25, 0.3) is 0 Å². The minimum Gasteiger partial charge on any atom is -0.349 e. The highest BCUT2D eigenvalue weighted by atomic mass is 32.1. The molecule has 25 heavy (non-hydrogen) atoms. The number of nitrogens with one attached hydrogen (secondary N) is 3. The van der Waals surface area contributed by atoms with Crippen molar-refractivity contribution in [1.29, 1.82) is 0 Å². The second kappa shape index (κ2) is 7.76. The van der Waals surface area contributed by atoms with Gasteiger partial charge in [-0.2, -0.15) is 0 Å². The molecule has 0 unspecified atom stereocenters. The number of imidazole rings is 1. The van der Waals surface area contributed by atoms with Gasteiger partial charge in [-0.1, -0.05) is 30.3 Å². The fraction of sp³-hybridized carbons (Fsp3) is 0.167. The van der Waals surface area contributed by atoms with Crippen LogP contribution in [0.15, 0.2) is 54.9 Å². The number of aromatic nitrogens is 2. The van der Waals surface area contributed by atoms with Gasteiger partial charge in [-0.25, -0.2) is 4.98 Å². The molecule has 0 saturated heterocycles.